The predicted octanol–water partition coefficient (Wildman–Crippen LogP) is 2.26. The van der Waals surface area contributed by atoms with Crippen LogP contribution in [-0.2, 0) is 0 Å². The summed E-state index contributed by atoms with van der Waals surface area (Å²) in [6, 6.07) is 4.39. The molecule has 0 aromatic carbocycles. The second kappa shape index (κ2) is 3.40. The van der Waals surface area contributed by atoms with Crippen LogP contribution in [0, 0.1) is 11.8 Å². The second-order valence-corrected chi connectivity index (χ2v) is 4.87. The molecule has 3 heteroatoms. The van der Waals surface area contributed by atoms with Crippen molar-refractivity contribution in [3.63, 3.8) is 0 Å². The molecule has 15 heavy (non-hydrogen) atoms. The average Bonchev–Trinajstić information content (AvgIpc) is 2.83. The summed E-state index contributed by atoms with van der Waals surface area (Å²) in [5.41, 5.74) is 6.64. The van der Waals surface area contributed by atoms with Gasteiger partial charge in [0.2, 0.25) is 0 Å². The Labute approximate surface area is 90.1 Å². The maximum Gasteiger partial charge on any atom is 0.149 e. The molecular formula is C12H17N3. The van der Waals surface area contributed by atoms with Crippen LogP contribution in [-0.4, -0.2) is 11.0 Å². The minimum absolute atomic E-state index is 0.612. The van der Waals surface area contributed by atoms with Crippen LogP contribution in [0.4, 0.5) is 11.5 Å². The fraction of sp³-hybridized carbons (Fsp3) is 0.583. The quantitative estimate of drug-likeness (QED) is 0.775. The molecule has 2 aliphatic rings. The fourth-order valence-electron chi connectivity index (χ4n) is 3.14. The lowest BCUT2D eigenvalue weighted by molar-refractivity contribution is 0.439. The van der Waals surface area contributed by atoms with E-state index in [-0.39, 0.29) is 0 Å². The average molecular weight is 203 g/mol. The third-order valence-electron chi connectivity index (χ3n) is 3.90. The van der Waals surface area contributed by atoms with Gasteiger partial charge in [0.05, 0.1) is 5.69 Å². The molecule has 1 aromatic heterocycles. The number of nitrogens with one attached hydrogen (secondary N) is 1. The zero-order valence-electron chi connectivity index (χ0n) is 8.82. The lowest BCUT2D eigenvalue weighted by atomic mass is 9.95. The first-order chi connectivity index (χ1) is 7.33. The van der Waals surface area contributed by atoms with Crippen molar-refractivity contribution in [2.75, 3.05) is 11.1 Å². The molecular weight excluding hydrogens is 186 g/mol. The van der Waals surface area contributed by atoms with Crippen LogP contribution in [0.3, 0.4) is 0 Å². The fourth-order valence-corrected chi connectivity index (χ4v) is 3.14. The summed E-state index contributed by atoms with van der Waals surface area (Å²) in [5, 5.41) is 3.50. The Balaban J connectivity index is 1.73. The number of nitrogens with zero attached hydrogens (tertiary/aromatic N) is 1. The first-order valence-corrected chi connectivity index (χ1v) is 5.80. The van der Waals surface area contributed by atoms with E-state index in [2.05, 4.69) is 10.3 Å². The van der Waals surface area contributed by atoms with Crippen molar-refractivity contribution < 1.29 is 0 Å². The van der Waals surface area contributed by atoms with Gasteiger partial charge in [0.1, 0.15) is 5.82 Å². The molecule has 0 radical (unpaired) electrons. The number of anilines is 2. The van der Waals surface area contributed by atoms with Gasteiger partial charge in [0.25, 0.3) is 0 Å². The van der Waals surface area contributed by atoms with Gasteiger partial charge in [-0.05, 0) is 43.2 Å². The zero-order valence-corrected chi connectivity index (χ0v) is 8.82. The molecule has 2 saturated carbocycles. The Kier molecular flexibility index (Phi) is 2.04. The molecule has 2 aliphatic carbocycles. The SMILES string of the molecule is Nc1cccnc1NC1CC2CCC1C2. The molecule has 3 nitrogen and oxygen atoms in total. The summed E-state index contributed by atoms with van der Waals surface area (Å²) in [4.78, 5) is 4.29. The first-order valence-electron chi connectivity index (χ1n) is 5.80. The van der Waals surface area contributed by atoms with E-state index in [1.54, 1.807) is 6.20 Å². The Bertz CT molecular complexity index is 364. The number of rotatable bonds is 2. The molecule has 2 bridgehead atoms. The summed E-state index contributed by atoms with van der Waals surface area (Å²) in [7, 11) is 0. The van der Waals surface area contributed by atoms with Crippen molar-refractivity contribution >= 4 is 11.5 Å². The number of aromatic nitrogens is 1. The van der Waals surface area contributed by atoms with Crippen molar-refractivity contribution in [2.24, 2.45) is 11.8 Å². The molecule has 3 rings (SSSR count). The third-order valence-corrected chi connectivity index (χ3v) is 3.90. The summed E-state index contributed by atoms with van der Waals surface area (Å²) in [6.07, 6.45) is 7.33. The Morgan fingerprint density at radius 3 is 2.93 bits per heavy atom. The highest BCUT2D eigenvalue weighted by Gasteiger charge is 2.39. The molecule has 0 spiro atoms. The minimum atomic E-state index is 0.612. The highest BCUT2D eigenvalue weighted by Crippen LogP contribution is 2.45. The van der Waals surface area contributed by atoms with Crippen molar-refractivity contribution in [1.29, 1.82) is 0 Å². The Morgan fingerprint density at radius 2 is 2.27 bits per heavy atom. The van der Waals surface area contributed by atoms with Crippen LogP contribution < -0.4 is 11.1 Å². The van der Waals surface area contributed by atoms with E-state index in [4.69, 9.17) is 5.73 Å². The van der Waals surface area contributed by atoms with Crippen molar-refractivity contribution in [3.05, 3.63) is 18.3 Å². The van der Waals surface area contributed by atoms with Gasteiger partial charge in [-0.15, -0.1) is 0 Å². The largest absolute Gasteiger partial charge is 0.396 e. The van der Waals surface area contributed by atoms with E-state index < -0.39 is 0 Å². The van der Waals surface area contributed by atoms with Crippen molar-refractivity contribution in [1.82, 2.24) is 4.98 Å². The first kappa shape index (κ1) is 9.01. The number of nitrogens with two attached hydrogens (primary N) is 1. The van der Waals surface area contributed by atoms with E-state index in [9.17, 15) is 0 Å². The molecule has 2 fully saturated rings. The van der Waals surface area contributed by atoms with Gasteiger partial charge in [0, 0.05) is 12.2 Å². The van der Waals surface area contributed by atoms with Gasteiger partial charge in [-0.3, -0.25) is 0 Å². The number of pyridine rings is 1. The summed E-state index contributed by atoms with van der Waals surface area (Å²) in [6.45, 7) is 0. The normalized spacial score (nSPS) is 33.2. The number of hydrogen-bond donors (Lipinski definition) is 2. The van der Waals surface area contributed by atoms with Crippen LogP contribution >= 0.6 is 0 Å². The van der Waals surface area contributed by atoms with Crippen LogP contribution in [0.2, 0.25) is 0 Å². The third kappa shape index (κ3) is 1.56. The predicted molar refractivity (Wildman–Crippen MR) is 61.5 cm³/mol. The van der Waals surface area contributed by atoms with Gasteiger partial charge < -0.3 is 11.1 Å². The van der Waals surface area contributed by atoms with E-state index in [1.165, 1.54) is 25.7 Å². The second-order valence-electron chi connectivity index (χ2n) is 4.87. The van der Waals surface area contributed by atoms with Crippen molar-refractivity contribution in [2.45, 2.75) is 31.7 Å². The topological polar surface area (TPSA) is 50.9 Å². The Morgan fingerprint density at radius 1 is 1.33 bits per heavy atom. The molecule has 0 amide bonds. The summed E-state index contributed by atoms with van der Waals surface area (Å²) in [5.74, 6) is 2.68. The zero-order chi connectivity index (χ0) is 10.3. The number of hydrogen-bond acceptors (Lipinski definition) is 3. The van der Waals surface area contributed by atoms with Crippen molar-refractivity contribution in [3.8, 4) is 0 Å². The monoisotopic (exact) mass is 203 g/mol. The van der Waals surface area contributed by atoms with Gasteiger partial charge in [0.15, 0.2) is 0 Å². The smallest absolute Gasteiger partial charge is 0.149 e. The molecule has 3 unspecified atom stereocenters. The lowest BCUT2D eigenvalue weighted by Gasteiger charge is -2.23. The highest BCUT2D eigenvalue weighted by molar-refractivity contribution is 5.60. The molecule has 3 N–H and O–H groups in total. The van der Waals surface area contributed by atoms with E-state index in [0.717, 1.165) is 23.3 Å². The van der Waals surface area contributed by atoms with E-state index in [1.807, 2.05) is 12.1 Å². The minimum Gasteiger partial charge on any atom is -0.396 e. The molecule has 80 valence electrons. The summed E-state index contributed by atoms with van der Waals surface area (Å²) < 4.78 is 0. The number of fused-ring (bicyclic) bond motifs is 2. The van der Waals surface area contributed by atoms with Crippen LogP contribution in [0.15, 0.2) is 18.3 Å². The van der Waals surface area contributed by atoms with Gasteiger partial charge in [-0.25, -0.2) is 4.98 Å². The van der Waals surface area contributed by atoms with Crippen LogP contribution in [0.25, 0.3) is 0 Å². The Hall–Kier alpha value is -1.25. The van der Waals surface area contributed by atoms with Crippen LogP contribution in [0.5, 0.6) is 0 Å². The van der Waals surface area contributed by atoms with Gasteiger partial charge >= 0.3 is 0 Å². The molecule has 3 atom stereocenters. The van der Waals surface area contributed by atoms with Crippen LogP contribution in [0.1, 0.15) is 25.7 Å². The highest BCUT2D eigenvalue weighted by atomic mass is 15.0. The number of nitrogen functional groups attached to an aromatic ring is 1. The lowest BCUT2D eigenvalue weighted by Crippen LogP contribution is -2.26. The maximum atomic E-state index is 5.87. The van der Waals surface area contributed by atoms with E-state index in [0.29, 0.717) is 6.04 Å². The molecule has 0 saturated heterocycles. The molecule has 1 heterocycles. The summed E-state index contributed by atoms with van der Waals surface area (Å²) >= 11 is 0. The molecule has 0 aliphatic heterocycles. The van der Waals surface area contributed by atoms with Gasteiger partial charge in [-0.1, -0.05) is 6.42 Å². The standard InChI is InChI=1S/C12H17N3/c13-10-2-1-5-14-12(10)15-11-7-8-3-4-9(11)6-8/h1-2,5,8-9,11H,3-4,6-7,13H2,(H,14,15). The van der Waals surface area contributed by atoms with Gasteiger partial charge in [-0.2, -0.15) is 0 Å². The van der Waals surface area contributed by atoms with E-state index >= 15 is 0 Å². The maximum absolute atomic E-state index is 5.87. The molecule has 1 aromatic rings.